The molecule has 0 bridgehead atoms. The van der Waals surface area contributed by atoms with Crippen LogP contribution in [0.1, 0.15) is 38.8 Å². The summed E-state index contributed by atoms with van der Waals surface area (Å²) in [5.41, 5.74) is 3.12. The number of hydrogen-bond acceptors (Lipinski definition) is 4. The lowest BCUT2D eigenvalue weighted by molar-refractivity contribution is -0.113. The zero-order valence-corrected chi connectivity index (χ0v) is 23.6. The number of ketones is 1. The maximum absolute atomic E-state index is 13.3. The van der Waals surface area contributed by atoms with Crippen molar-refractivity contribution in [1.82, 2.24) is 5.32 Å². The van der Waals surface area contributed by atoms with Gasteiger partial charge in [-0.2, -0.15) is 0 Å². The van der Waals surface area contributed by atoms with Crippen LogP contribution in [0.5, 0.6) is 5.75 Å². The Kier molecular flexibility index (Phi) is 9.19. The van der Waals surface area contributed by atoms with Crippen LogP contribution in [0, 0.1) is 0 Å². The van der Waals surface area contributed by atoms with E-state index in [0.717, 1.165) is 16.3 Å². The Balaban J connectivity index is 1.31. The molecule has 5 rings (SSSR count). The van der Waals surface area contributed by atoms with Crippen molar-refractivity contribution in [3.05, 3.63) is 155 Å². The quantitative estimate of drug-likeness (QED) is 0.135. The summed E-state index contributed by atoms with van der Waals surface area (Å²) in [5.74, 6) is -0.363. The highest BCUT2D eigenvalue weighted by atomic mass is 16.5. The maximum Gasteiger partial charge on any atom is 0.272 e. The molecule has 0 aliphatic carbocycles. The number of ether oxygens (including phenoxy) is 1. The highest BCUT2D eigenvalue weighted by Gasteiger charge is 2.15. The standard InChI is InChI=1S/C37H30N2O4/c1-2-43-32-22-15-26(16-23-32)25-34(39-36(41)30-10-4-3-5-11-30)37(42)38-31-20-17-29(18-21-31)35(40)24-19-28-13-8-12-27-9-6-7-14-33(27)28/h3-25H,2H2,1H3,(H,38,42)(H,39,41)/b24-19+,34-25-. The molecule has 2 amide bonds. The number of carbonyl (C=O) groups excluding carboxylic acids is 3. The van der Waals surface area contributed by atoms with Gasteiger partial charge in [-0.3, -0.25) is 14.4 Å². The fourth-order valence-corrected chi connectivity index (χ4v) is 4.51. The van der Waals surface area contributed by atoms with Crippen LogP contribution in [-0.2, 0) is 4.79 Å². The maximum atomic E-state index is 13.3. The third-order valence-electron chi connectivity index (χ3n) is 6.70. The molecule has 5 aromatic carbocycles. The Labute approximate surface area is 250 Å². The highest BCUT2D eigenvalue weighted by Crippen LogP contribution is 2.21. The molecule has 0 spiro atoms. The van der Waals surface area contributed by atoms with E-state index >= 15 is 0 Å². The summed E-state index contributed by atoms with van der Waals surface area (Å²) in [6.07, 6.45) is 4.96. The number of benzene rings is 5. The van der Waals surface area contributed by atoms with Gasteiger partial charge in [-0.05, 0) is 89.5 Å². The molecule has 0 saturated heterocycles. The van der Waals surface area contributed by atoms with E-state index in [1.54, 1.807) is 84.9 Å². The largest absolute Gasteiger partial charge is 0.494 e. The van der Waals surface area contributed by atoms with Gasteiger partial charge in [-0.15, -0.1) is 0 Å². The number of anilines is 1. The van der Waals surface area contributed by atoms with Gasteiger partial charge in [-0.25, -0.2) is 0 Å². The fourth-order valence-electron chi connectivity index (χ4n) is 4.51. The van der Waals surface area contributed by atoms with Crippen LogP contribution in [0.15, 0.2) is 133 Å². The molecular weight excluding hydrogens is 536 g/mol. The molecule has 6 nitrogen and oxygen atoms in total. The van der Waals surface area contributed by atoms with E-state index in [4.69, 9.17) is 4.74 Å². The first-order valence-corrected chi connectivity index (χ1v) is 13.9. The second-order valence-corrected chi connectivity index (χ2v) is 9.68. The van der Waals surface area contributed by atoms with Crippen molar-refractivity contribution in [2.24, 2.45) is 0 Å². The Morgan fingerprint density at radius 1 is 0.721 bits per heavy atom. The summed E-state index contributed by atoms with van der Waals surface area (Å²) < 4.78 is 5.50. The zero-order valence-electron chi connectivity index (χ0n) is 23.6. The van der Waals surface area contributed by atoms with Crippen molar-refractivity contribution in [2.75, 3.05) is 11.9 Å². The third-order valence-corrected chi connectivity index (χ3v) is 6.70. The lowest BCUT2D eigenvalue weighted by atomic mass is 10.0. The minimum atomic E-state index is -0.506. The van der Waals surface area contributed by atoms with Gasteiger partial charge in [0.15, 0.2) is 5.78 Å². The molecule has 0 atom stereocenters. The second-order valence-electron chi connectivity index (χ2n) is 9.68. The molecule has 5 aromatic rings. The van der Waals surface area contributed by atoms with E-state index in [0.29, 0.717) is 34.7 Å². The van der Waals surface area contributed by atoms with Gasteiger partial charge < -0.3 is 15.4 Å². The predicted molar refractivity (Wildman–Crippen MR) is 172 cm³/mol. The third kappa shape index (κ3) is 7.51. The van der Waals surface area contributed by atoms with E-state index in [-0.39, 0.29) is 11.5 Å². The second kappa shape index (κ2) is 13.7. The number of fused-ring (bicyclic) bond motifs is 1. The van der Waals surface area contributed by atoms with E-state index in [1.807, 2.05) is 61.5 Å². The monoisotopic (exact) mass is 566 g/mol. The number of nitrogens with one attached hydrogen (secondary N) is 2. The summed E-state index contributed by atoms with van der Waals surface area (Å²) in [6.45, 7) is 2.45. The lowest BCUT2D eigenvalue weighted by Crippen LogP contribution is -2.30. The van der Waals surface area contributed by atoms with E-state index < -0.39 is 11.8 Å². The fraction of sp³-hybridized carbons (Fsp3) is 0.0541. The molecule has 0 aliphatic heterocycles. The van der Waals surface area contributed by atoms with Gasteiger partial charge in [-0.1, -0.05) is 78.9 Å². The van der Waals surface area contributed by atoms with Crippen LogP contribution >= 0.6 is 0 Å². The summed E-state index contributed by atoms with van der Waals surface area (Å²) in [7, 11) is 0. The Hall–Kier alpha value is -5.75. The summed E-state index contributed by atoms with van der Waals surface area (Å²) in [6, 6.07) is 36.5. The van der Waals surface area contributed by atoms with Gasteiger partial charge >= 0.3 is 0 Å². The Morgan fingerprint density at radius 2 is 1.42 bits per heavy atom. The first-order chi connectivity index (χ1) is 21.0. The van der Waals surface area contributed by atoms with Crippen LogP contribution in [0.3, 0.4) is 0 Å². The van der Waals surface area contributed by atoms with Crippen molar-refractivity contribution in [3.63, 3.8) is 0 Å². The van der Waals surface area contributed by atoms with Gasteiger partial charge in [0, 0.05) is 16.8 Å². The molecule has 6 heteroatoms. The van der Waals surface area contributed by atoms with Crippen LogP contribution in [0.2, 0.25) is 0 Å². The van der Waals surface area contributed by atoms with E-state index in [2.05, 4.69) is 10.6 Å². The van der Waals surface area contributed by atoms with Crippen molar-refractivity contribution in [2.45, 2.75) is 6.92 Å². The van der Waals surface area contributed by atoms with E-state index in [9.17, 15) is 14.4 Å². The SMILES string of the molecule is CCOc1ccc(/C=C(\NC(=O)c2ccccc2)C(=O)Nc2ccc(C(=O)/C=C/c3cccc4ccccc34)cc2)cc1. The van der Waals surface area contributed by atoms with Gasteiger partial charge in [0.2, 0.25) is 0 Å². The van der Waals surface area contributed by atoms with Crippen LogP contribution in [0.25, 0.3) is 22.9 Å². The van der Waals surface area contributed by atoms with Crippen LogP contribution < -0.4 is 15.4 Å². The van der Waals surface area contributed by atoms with Gasteiger partial charge in [0.25, 0.3) is 11.8 Å². The predicted octanol–water partition coefficient (Wildman–Crippen LogP) is 7.54. The molecule has 2 N–H and O–H groups in total. The smallest absolute Gasteiger partial charge is 0.272 e. The highest BCUT2D eigenvalue weighted by molar-refractivity contribution is 6.11. The summed E-state index contributed by atoms with van der Waals surface area (Å²) >= 11 is 0. The molecule has 0 radical (unpaired) electrons. The Morgan fingerprint density at radius 3 is 2.16 bits per heavy atom. The molecule has 0 heterocycles. The van der Waals surface area contributed by atoms with Gasteiger partial charge in [0.1, 0.15) is 11.4 Å². The molecule has 212 valence electrons. The number of amides is 2. The van der Waals surface area contributed by atoms with E-state index in [1.165, 1.54) is 0 Å². The molecule has 0 fully saturated rings. The Bertz CT molecular complexity index is 1800. The molecule has 0 unspecified atom stereocenters. The number of carbonyl (C=O) groups is 3. The molecular formula is C37H30N2O4. The molecule has 43 heavy (non-hydrogen) atoms. The average molecular weight is 567 g/mol. The first kappa shape index (κ1) is 28.8. The summed E-state index contributed by atoms with van der Waals surface area (Å²) in [5, 5.41) is 7.73. The van der Waals surface area contributed by atoms with Crippen molar-refractivity contribution >= 4 is 46.2 Å². The molecule has 0 aromatic heterocycles. The number of rotatable bonds is 10. The topological polar surface area (TPSA) is 84.5 Å². The van der Waals surface area contributed by atoms with Crippen molar-refractivity contribution in [3.8, 4) is 5.75 Å². The average Bonchev–Trinajstić information content (AvgIpc) is 3.05. The van der Waals surface area contributed by atoms with Crippen molar-refractivity contribution in [1.29, 1.82) is 0 Å². The van der Waals surface area contributed by atoms with Gasteiger partial charge in [0.05, 0.1) is 6.61 Å². The minimum Gasteiger partial charge on any atom is -0.494 e. The normalized spacial score (nSPS) is 11.3. The minimum absolute atomic E-state index is 0.0659. The van der Waals surface area contributed by atoms with Crippen LogP contribution in [-0.4, -0.2) is 24.2 Å². The summed E-state index contributed by atoms with van der Waals surface area (Å²) in [4.78, 5) is 39.1. The first-order valence-electron chi connectivity index (χ1n) is 13.9. The lowest BCUT2D eigenvalue weighted by Gasteiger charge is -2.12. The number of hydrogen-bond donors (Lipinski definition) is 2. The zero-order chi connectivity index (χ0) is 30.0. The molecule has 0 aliphatic rings. The molecule has 0 saturated carbocycles. The van der Waals surface area contributed by atoms with Crippen LogP contribution in [0.4, 0.5) is 5.69 Å². The van der Waals surface area contributed by atoms with Crippen molar-refractivity contribution < 1.29 is 19.1 Å². The number of allylic oxidation sites excluding steroid dienone is 1.